The molecule has 0 amide bonds. The predicted octanol–water partition coefficient (Wildman–Crippen LogP) is 4.22. The Kier molecular flexibility index (Phi) is 6.28. The molecule has 3 aromatic rings. The van der Waals surface area contributed by atoms with E-state index in [1.807, 2.05) is 6.07 Å². The molecule has 0 saturated heterocycles. The topological polar surface area (TPSA) is 102 Å². The number of sulfonamides is 2. The van der Waals surface area contributed by atoms with Crippen LogP contribution in [0, 0.1) is 20.8 Å². The Hall–Kier alpha value is -3.04. The zero-order valence-electron chi connectivity index (χ0n) is 17.6. The number of benzene rings is 3. The van der Waals surface area contributed by atoms with Gasteiger partial charge < -0.3 is 4.74 Å². The van der Waals surface area contributed by atoms with E-state index in [-0.39, 0.29) is 21.2 Å². The van der Waals surface area contributed by atoms with Crippen molar-refractivity contribution in [3.63, 3.8) is 0 Å². The van der Waals surface area contributed by atoms with Gasteiger partial charge in [-0.2, -0.15) is 0 Å². The predicted molar refractivity (Wildman–Crippen MR) is 122 cm³/mol. The lowest BCUT2D eigenvalue weighted by atomic mass is 10.2. The van der Waals surface area contributed by atoms with Crippen LogP contribution in [-0.4, -0.2) is 23.9 Å². The Morgan fingerprint density at radius 1 is 0.710 bits per heavy atom. The lowest BCUT2D eigenvalue weighted by Crippen LogP contribution is -2.17. The summed E-state index contributed by atoms with van der Waals surface area (Å²) in [4.78, 5) is 0.0648. The smallest absolute Gasteiger partial charge is 0.262 e. The van der Waals surface area contributed by atoms with Crippen molar-refractivity contribution < 1.29 is 21.6 Å². The van der Waals surface area contributed by atoms with Gasteiger partial charge in [-0.1, -0.05) is 30.3 Å². The number of hydrogen-bond donors (Lipinski definition) is 2. The molecule has 0 aliphatic rings. The normalized spacial score (nSPS) is 11.7. The molecule has 2 N–H and O–H groups in total. The summed E-state index contributed by atoms with van der Waals surface area (Å²) in [7, 11) is -6.45. The molecule has 9 heteroatoms. The Labute approximate surface area is 183 Å². The number of para-hydroxylation sites is 2. The minimum atomic E-state index is -3.99. The maximum absolute atomic E-state index is 13.0. The highest BCUT2D eigenvalue weighted by Gasteiger charge is 2.21. The first-order valence-corrected chi connectivity index (χ1v) is 12.4. The van der Waals surface area contributed by atoms with E-state index in [0.29, 0.717) is 16.9 Å². The van der Waals surface area contributed by atoms with Crippen molar-refractivity contribution in [3.05, 3.63) is 77.4 Å². The summed E-state index contributed by atoms with van der Waals surface area (Å²) in [5.74, 6) is 0.369. The molecule has 0 aliphatic carbocycles. The molecule has 3 aromatic carbocycles. The van der Waals surface area contributed by atoms with Crippen LogP contribution in [0.15, 0.2) is 70.5 Å². The van der Waals surface area contributed by atoms with Crippen molar-refractivity contribution in [2.24, 2.45) is 0 Å². The second-order valence-corrected chi connectivity index (χ2v) is 10.5. The summed E-state index contributed by atoms with van der Waals surface area (Å²) in [6.07, 6.45) is 0. The summed E-state index contributed by atoms with van der Waals surface area (Å²) in [5.41, 5.74) is 2.45. The van der Waals surface area contributed by atoms with Gasteiger partial charge >= 0.3 is 0 Å². The molecular formula is C22H24N2O5S2. The highest BCUT2D eigenvalue weighted by atomic mass is 32.2. The standard InChI is InChI=1S/C22H24N2O5S2/c1-15-9-10-17(3)22(13-15)31(27,28)24-20-14-18(12-11-16(20)2)30(25,26)23-19-7-5-6-8-21(19)29-4/h5-14,23-24H,1-4H3. The van der Waals surface area contributed by atoms with E-state index in [4.69, 9.17) is 4.74 Å². The van der Waals surface area contributed by atoms with E-state index in [1.165, 1.54) is 19.2 Å². The van der Waals surface area contributed by atoms with Gasteiger partial charge in [-0.15, -0.1) is 0 Å². The number of methoxy groups -OCH3 is 1. The lowest BCUT2D eigenvalue weighted by Gasteiger charge is -2.15. The third-order valence-electron chi connectivity index (χ3n) is 4.75. The maximum atomic E-state index is 13.0. The van der Waals surface area contributed by atoms with Crippen molar-refractivity contribution in [2.45, 2.75) is 30.6 Å². The first kappa shape index (κ1) is 22.6. The van der Waals surface area contributed by atoms with Crippen molar-refractivity contribution in [1.29, 1.82) is 0 Å². The minimum absolute atomic E-state index is 0.0809. The maximum Gasteiger partial charge on any atom is 0.262 e. The number of aryl methyl sites for hydroxylation is 3. The summed E-state index contributed by atoms with van der Waals surface area (Å²) < 4.78 is 62.0. The molecule has 0 fully saturated rings. The van der Waals surface area contributed by atoms with Crippen molar-refractivity contribution in [2.75, 3.05) is 16.6 Å². The van der Waals surface area contributed by atoms with Gasteiger partial charge in [0.1, 0.15) is 5.75 Å². The molecule has 0 aliphatic heterocycles. The van der Waals surface area contributed by atoms with E-state index in [9.17, 15) is 16.8 Å². The van der Waals surface area contributed by atoms with E-state index in [0.717, 1.165) is 5.56 Å². The second-order valence-electron chi connectivity index (χ2n) is 7.16. The van der Waals surface area contributed by atoms with E-state index in [1.54, 1.807) is 63.2 Å². The first-order chi connectivity index (χ1) is 14.5. The fourth-order valence-electron chi connectivity index (χ4n) is 3.01. The number of nitrogens with one attached hydrogen (secondary N) is 2. The van der Waals surface area contributed by atoms with Crippen molar-refractivity contribution in [3.8, 4) is 5.75 Å². The number of rotatable bonds is 7. The Balaban J connectivity index is 1.97. The van der Waals surface area contributed by atoms with Gasteiger partial charge in [0, 0.05) is 0 Å². The van der Waals surface area contributed by atoms with Gasteiger partial charge in [0.15, 0.2) is 0 Å². The highest BCUT2D eigenvalue weighted by Crippen LogP contribution is 2.29. The lowest BCUT2D eigenvalue weighted by molar-refractivity contribution is 0.417. The van der Waals surface area contributed by atoms with Crippen molar-refractivity contribution in [1.82, 2.24) is 0 Å². The molecule has 0 atom stereocenters. The van der Waals surface area contributed by atoms with Crippen LogP contribution in [0.4, 0.5) is 11.4 Å². The highest BCUT2D eigenvalue weighted by molar-refractivity contribution is 7.93. The quantitative estimate of drug-likeness (QED) is 0.550. The van der Waals surface area contributed by atoms with Crippen molar-refractivity contribution >= 4 is 31.4 Å². The van der Waals surface area contributed by atoms with Crippen LogP contribution in [0.25, 0.3) is 0 Å². The number of anilines is 2. The molecule has 164 valence electrons. The molecular weight excluding hydrogens is 436 g/mol. The van der Waals surface area contributed by atoms with Crippen LogP contribution in [0.5, 0.6) is 5.75 Å². The molecule has 0 spiro atoms. The summed E-state index contributed by atoms with van der Waals surface area (Å²) >= 11 is 0. The molecule has 0 bridgehead atoms. The summed E-state index contributed by atoms with van der Waals surface area (Å²) in [6.45, 7) is 5.21. The largest absolute Gasteiger partial charge is 0.495 e. The van der Waals surface area contributed by atoms with Gasteiger partial charge in [-0.05, 0) is 67.8 Å². The molecule has 0 saturated carbocycles. The van der Waals surface area contributed by atoms with Gasteiger partial charge in [-0.25, -0.2) is 16.8 Å². The van der Waals surface area contributed by atoms with Crippen LogP contribution in [0.2, 0.25) is 0 Å². The van der Waals surface area contributed by atoms with Crippen LogP contribution in [0.1, 0.15) is 16.7 Å². The number of hydrogen-bond acceptors (Lipinski definition) is 5. The minimum Gasteiger partial charge on any atom is -0.495 e. The Morgan fingerprint density at radius 2 is 1.35 bits per heavy atom. The molecule has 7 nitrogen and oxygen atoms in total. The molecule has 0 heterocycles. The van der Waals surface area contributed by atoms with Crippen LogP contribution in [0.3, 0.4) is 0 Å². The van der Waals surface area contributed by atoms with Crippen LogP contribution in [-0.2, 0) is 20.0 Å². The fourth-order valence-corrected chi connectivity index (χ4v) is 5.56. The molecule has 0 aromatic heterocycles. The average Bonchev–Trinajstić information content (AvgIpc) is 2.71. The molecule has 31 heavy (non-hydrogen) atoms. The zero-order valence-corrected chi connectivity index (χ0v) is 19.3. The van der Waals surface area contributed by atoms with Gasteiger partial charge in [0.25, 0.3) is 20.0 Å². The Morgan fingerprint density at radius 3 is 2.06 bits per heavy atom. The average molecular weight is 461 g/mol. The van der Waals surface area contributed by atoms with E-state index in [2.05, 4.69) is 9.44 Å². The second kappa shape index (κ2) is 8.60. The van der Waals surface area contributed by atoms with Crippen LogP contribution < -0.4 is 14.2 Å². The summed E-state index contributed by atoms with van der Waals surface area (Å²) in [5, 5.41) is 0. The SMILES string of the molecule is COc1ccccc1NS(=O)(=O)c1ccc(C)c(NS(=O)(=O)c2cc(C)ccc2C)c1. The summed E-state index contributed by atoms with van der Waals surface area (Å²) in [6, 6.07) is 16.0. The molecule has 3 rings (SSSR count). The van der Waals surface area contributed by atoms with E-state index < -0.39 is 20.0 Å². The fraction of sp³-hybridized carbons (Fsp3) is 0.182. The van der Waals surface area contributed by atoms with E-state index >= 15 is 0 Å². The molecule has 0 unspecified atom stereocenters. The van der Waals surface area contributed by atoms with Crippen LogP contribution >= 0.6 is 0 Å². The third kappa shape index (κ3) is 5.00. The zero-order chi connectivity index (χ0) is 22.8. The molecule has 0 radical (unpaired) electrons. The number of ether oxygens (including phenoxy) is 1. The third-order valence-corrected chi connectivity index (χ3v) is 7.62. The van der Waals surface area contributed by atoms with Gasteiger partial charge in [0.05, 0.1) is 28.3 Å². The monoisotopic (exact) mass is 460 g/mol. The van der Waals surface area contributed by atoms with Gasteiger partial charge in [0.2, 0.25) is 0 Å². The first-order valence-electron chi connectivity index (χ1n) is 9.40. The van der Waals surface area contributed by atoms with Gasteiger partial charge in [-0.3, -0.25) is 9.44 Å². The Bertz CT molecular complexity index is 1330.